The maximum Gasteiger partial charge on any atom is 0.335 e. The van der Waals surface area contributed by atoms with Gasteiger partial charge in [-0.25, -0.2) is 14.8 Å². The summed E-state index contributed by atoms with van der Waals surface area (Å²) in [6.45, 7) is 5.54. The van der Waals surface area contributed by atoms with Gasteiger partial charge in [0, 0.05) is 30.8 Å². The number of hydrogen-bond donors (Lipinski definition) is 2. The lowest BCUT2D eigenvalue weighted by Crippen LogP contribution is -2.51. The standard InChI is InChI=1S/C21H24N4O3/c1-11-19(24-18-8-9-22-12(2)23-18)16-10-15(21(27)28)6-7-17(16)25(13(3)26)20(11)14-4-5-14/h6-11,14,19-20H,4-5H2,1-3H3,(H,27,28)(H,22,23,24)/t11-,19-,20-/m1/s1. The highest BCUT2D eigenvalue weighted by Crippen LogP contribution is 2.50. The number of anilines is 2. The van der Waals surface area contributed by atoms with Crippen molar-refractivity contribution in [3.63, 3.8) is 0 Å². The molecule has 1 aromatic heterocycles. The van der Waals surface area contributed by atoms with Gasteiger partial charge >= 0.3 is 5.97 Å². The van der Waals surface area contributed by atoms with Crippen LogP contribution in [0, 0.1) is 18.8 Å². The van der Waals surface area contributed by atoms with Gasteiger partial charge in [0.15, 0.2) is 0 Å². The van der Waals surface area contributed by atoms with E-state index in [1.165, 1.54) is 0 Å². The number of aryl methyl sites for hydroxylation is 1. The van der Waals surface area contributed by atoms with E-state index in [-0.39, 0.29) is 29.5 Å². The van der Waals surface area contributed by atoms with Gasteiger partial charge in [-0.3, -0.25) is 4.79 Å². The molecule has 2 N–H and O–H groups in total. The zero-order valence-electron chi connectivity index (χ0n) is 16.2. The van der Waals surface area contributed by atoms with Crippen molar-refractivity contribution < 1.29 is 14.7 Å². The molecule has 146 valence electrons. The summed E-state index contributed by atoms with van der Waals surface area (Å²) in [5.74, 6) is 0.944. The maximum atomic E-state index is 12.5. The van der Waals surface area contributed by atoms with E-state index in [2.05, 4.69) is 22.2 Å². The van der Waals surface area contributed by atoms with Crippen LogP contribution in [0.2, 0.25) is 0 Å². The average Bonchev–Trinajstić information content (AvgIpc) is 3.47. The van der Waals surface area contributed by atoms with Gasteiger partial charge in [0.1, 0.15) is 11.6 Å². The van der Waals surface area contributed by atoms with Crippen molar-refractivity contribution in [1.29, 1.82) is 0 Å². The molecule has 0 unspecified atom stereocenters. The number of carbonyl (C=O) groups is 2. The third kappa shape index (κ3) is 3.21. The molecule has 0 spiro atoms. The smallest absolute Gasteiger partial charge is 0.335 e. The Morgan fingerprint density at radius 3 is 2.61 bits per heavy atom. The van der Waals surface area contributed by atoms with Gasteiger partial charge in [-0.05, 0) is 55.5 Å². The van der Waals surface area contributed by atoms with E-state index in [0.29, 0.717) is 17.6 Å². The van der Waals surface area contributed by atoms with Gasteiger partial charge in [-0.1, -0.05) is 6.92 Å². The second-order valence-corrected chi connectivity index (χ2v) is 7.77. The Bertz CT molecular complexity index is 941. The molecule has 7 heteroatoms. The topological polar surface area (TPSA) is 95.4 Å². The molecule has 1 saturated carbocycles. The van der Waals surface area contributed by atoms with E-state index >= 15 is 0 Å². The Balaban J connectivity index is 1.83. The molecule has 1 aromatic carbocycles. The summed E-state index contributed by atoms with van der Waals surface area (Å²) in [6, 6.07) is 6.76. The SMILES string of the molecule is CC(=O)N1c2ccc(C(=O)O)cc2[C@H](Nc2ccnc(C)n2)[C@@H](C)[C@@H]1C1CC1. The molecule has 0 saturated heterocycles. The maximum absolute atomic E-state index is 12.5. The number of hydrogen-bond acceptors (Lipinski definition) is 5. The van der Waals surface area contributed by atoms with E-state index in [9.17, 15) is 14.7 Å². The minimum absolute atomic E-state index is 0.00981. The van der Waals surface area contributed by atoms with Crippen LogP contribution in [0.3, 0.4) is 0 Å². The van der Waals surface area contributed by atoms with Crippen molar-refractivity contribution in [2.24, 2.45) is 11.8 Å². The minimum atomic E-state index is -0.981. The van der Waals surface area contributed by atoms with Crippen molar-refractivity contribution in [2.75, 3.05) is 10.2 Å². The first kappa shape index (κ1) is 18.4. The number of rotatable bonds is 4. The molecule has 28 heavy (non-hydrogen) atoms. The van der Waals surface area contributed by atoms with Crippen LogP contribution in [0.4, 0.5) is 11.5 Å². The lowest BCUT2D eigenvalue weighted by atomic mass is 9.79. The second-order valence-electron chi connectivity index (χ2n) is 7.77. The largest absolute Gasteiger partial charge is 0.478 e. The van der Waals surface area contributed by atoms with Crippen LogP contribution in [0.1, 0.15) is 54.5 Å². The average molecular weight is 380 g/mol. The summed E-state index contributed by atoms with van der Waals surface area (Å²) in [6.07, 6.45) is 3.92. The Hall–Kier alpha value is -2.96. The number of aromatic carboxylic acids is 1. The molecular weight excluding hydrogens is 356 g/mol. The zero-order chi connectivity index (χ0) is 20.0. The number of carbonyl (C=O) groups excluding carboxylic acids is 1. The summed E-state index contributed by atoms with van der Waals surface area (Å²) in [5, 5.41) is 13.0. The van der Waals surface area contributed by atoms with Gasteiger partial charge in [0.05, 0.1) is 11.6 Å². The Morgan fingerprint density at radius 2 is 2.00 bits per heavy atom. The fraction of sp³-hybridized carbons (Fsp3) is 0.429. The second kappa shape index (κ2) is 6.89. The lowest BCUT2D eigenvalue weighted by Gasteiger charge is -2.46. The van der Waals surface area contributed by atoms with Gasteiger partial charge in [-0.15, -0.1) is 0 Å². The zero-order valence-corrected chi connectivity index (χ0v) is 16.2. The summed E-state index contributed by atoms with van der Waals surface area (Å²) >= 11 is 0. The predicted molar refractivity (Wildman–Crippen MR) is 105 cm³/mol. The van der Waals surface area contributed by atoms with Gasteiger partial charge in [0.25, 0.3) is 0 Å². The molecule has 1 aliphatic carbocycles. The normalized spacial score (nSPS) is 23.8. The molecule has 0 bridgehead atoms. The molecule has 7 nitrogen and oxygen atoms in total. The fourth-order valence-electron chi connectivity index (χ4n) is 4.39. The number of carboxylic acids is 1. The van der Waals surface area contributed by atoms with Gasteiger partial charge in [0.2, 0.25) is 5.91 Å². The van der Waals surface area contributed by atoms with Crippen molar-refractivity contribution in [2.45, 2.75) is 45.7 Å². The van der Waals surface area contributed by atoms with E-state index in [4.69, 9.17) is 0 Å². The summed E-state index contributed by atoms with van der Waals surface area (Å²) in [5.41, 5.74) is 1.82. The van der Waals surface area contributed by atoms with Crippen LogP contribution in [-0.4, -0.2) is 33.0 Å². The molecule has 0 radical (unpaired) electrons. The van der Waals surface area contributed by atoms with Crippen LogP contribution in [0.15, 0.2) is 30.5 Å². The lowest BCUT2D eigenvalue weighted by molar-refractivity contribution is -0.117. The van der Waals surface area contributed by atoms with Gasteiger partial charge in [-0.2, -0.15) is 0 Å². The molecular formula is C21H24N4O3. The molecule has 1 fully saturated rings. The van der Waals surface area contributed by atoms with Crippen LogP contribution >= 0.6 is 0 Å². The first-order chi connectivity index (χ1) is 13.4. The Labute approximate surface area is 163 Å². The molecule has 2 aliphatic rings. The van der Waals surface area contributed by atoms with E-state index in [1.54, 1.807) is 31.3 Å². The summed E-state index contributed by atoms with van der Waals surface area (Å²) in [4.78, 5) is 34.6. The predicted octanol–water partition coefficient (Wildman–Crippen LogP) is 3.42. The molecule has 4 rings (SSSR count). The monoisotopic (exact) mass is 380 g/mol. The highest BCUT2D eigenvalue weighted by atomic mass is 16.4. The van der Waals surface area contributed by atoms with E-state index in [0.717, 1.165) is 24.1 Å². The van der Waals surface area contributed by atoms with E-state index in [1.807, 2.05) is 17.9 Å². The number of nitrogens with zero attached hydrogens (tertiary/aromatic N) is 3. The first-order valence-corrected chi connectivity index (χ1v) is 9.60. The number of nitrogens with one attached hydrogen (secondary N) is 1. The number of amides is 1. The van der Waals surface area contributed by atoms with Crippen molar-refractivity contribution in [3.05, 3.63) is 47.4 Å². The summed E-state index contributed by atoms with van der Waals surface area (Å²) in [7, 11) is 0. The third-order valence-electron chi connectivity index (χ3n) is 5.76. The molecule has 3 atom stereocenters. The Kier molecular flexibility index (Phi) is 4.53. The number of benzene rings is 1. The molecule has 1 amide bonds. The van der Waals surface area contributed by atoms with Crippen molar-refractivity contribution >= 4 is 23.4 Å². The first-order valence-electron chi connectivity index (χ1n) is 9.60. The molecule has 1 aliphatic heterocycles. The third-order valence-corrected chi connectivity index (χ3v) is 5.76. The van der Waals surface area contributed by atoms with Crippen LogP contribution in [-0.2, 0) is 4.79 Å². The molecule has 2 aromatic rings. The van der Waals surface area contributed by atoms with E-state index < -0.39 is 5.97 Å². The number of carboxylic acid groups (broad SMARTS) is 1. The highest BCUT2D eigenvalue weighted by molar-refractivity contribution is 5.96. The van der Waals surface area contributed by atoms with Crippen LogP contribution < -0.4 is 10.2 Å². The molecule has 2 heterocycles. The van der Waals surface area contributed by atoms with Crippen LogP contribution in [0.5, 0.6) is 0 Å². The fourth-order valence-corrected chi connectivity index (χ4v) is 4.39. The van der Waals surface area contributed by atoms with Crippen molar-refractivity contribution in [3.8, 4) is 0 Å². The number of fused-ring (bicyclic) bond motifs is 1. The summed E-state index contributed by atoms with van der Waals surface area (Å²) < 4.78 is 0. The highest BCUT2D eigenvalue weighted by Gasteiger charge is 2.47. The minimum Gasteiger partial charge on any atom is -0.478 e. The number of aromatic nitrogens is 2. The van der Waals surface area contributed by atoms with Gasteiger partial charge < -0.3 is 15.3 Å². The van der Waals surface area contributed by atoms with Crippen molar-refractivity contribution in [1.82, 2.24) is 9.97 Å². The quantitative estimate of drug-likeness (QED) is 0.844. The Morgan fingerprint density at radius 1 is 1.25 bits per heavy atom. The van der Waals surface area contributed by atoms with Crippen LogP contribution in [0.25, 0.3) is 0 Å².